The minimum absolute atomic E-state index is 0.427. The Bertz CT molecular complexity index is 490. The van der Waals surface area contributed by atoms with E-state index in [1.54, 1.807) is 0 Å². The molecule has 0 saturated carbocycles. The third-order valence-corrected chi connectivity index (χ3v) is 9.46. The van der Waals surface area contributed by atoms with Gasteiger partial charge in [-0.05, 0) is 0 Å². The van der Waals surface area contributed by atoms with E-state index in [4.69, 9.17) is 9.47 Å². The average Bonchev–Trinajstić information content (AvgIpc) is 2.63. The summed E-state index contributed by atoms with van der Waals surface area (Å²) >= 11 is 7.67. The summed E-state index contributed by atoms with van der Waals surface area (Å²) in [7, 11) is 0. The molecule has 0 aliphatic heterocycles. The molecular formula is C18H20Br2O2Se. The number of hydrogen-bond donors (Lipinski definition) is 0. The van der Waals surface area contributed by atoms with Crippen molar-refractivity contribution in [2.75, 3.05) is 23.9 Å². The molecule has 0 spiro atoms. The quantitative estimate of drug-likeness (QED) is 0.325. The molecule has 0 N–H and O–H groups in total. The fourth-order valence-electron chi connectivity index (χ4n) is 1.92. The van der Waals surface area contributed by atoms with Crippen LogP contribution in [0.15, 0.2) is 60.7 Å². The zero-order valence-electron chi connectivity index (χ0n) is 12.7. The molecule has 0 fully saturated rings. The zero-order chi connectivity index (χ0) is 16.3. The molecule has 0 saturated heterocycles. The molecule has 2 nitrogen and oxygen atoms in total. The maximum absolute atomic E-state index is 5.90. The van der Waals surface area contributed by atoms with Gasteiger partial charge in [0.25, 0.3) is 0 Å². The van der Waals surface area contributed by atoms with E-state index in [2.05, 4.69) is 31.9 Å². The molecule has 0 aliphatic rings. The summed E-state index contributed by atoms with van der Waals surface area (Å²) in [6.45, 7) is 1.48. The number of alkyl halides is 2. The monoisotopic (exact) mass is 506 g/mol. The first-order chi connectivity index (χ1) is 11.3. The van der Waals surface area contributed by atoms with Crippen LogP contribution in [0.1, 0.15) is 0 Å². The van der Waals surface area contributed by atoms with Crippen molar-refractivity contribution in [3.05, 3.63) is 60.7 Å². The van der Waals surface area contributed by atoms with Crippen LogP contribution in [0.2, 0.25) is 9.63 Å². The van der Waals surface area contributed by atoms with Gasteiger partial charge in [-0.2, -0.15) is 0 Å². The predicted molar refractivity (Wildman–Crippen MR) is 105 cm³/mol. The molecule has 2 atom stereocenters. The molecule has 5 heteroatoms. The Kier molecular flexibility index (Phi) is 9.13. The molecule has 2 unspecified atom stereocenters. The summed E-state index contributed by atoms with van der Waals surface area (Å²) in [4.78, 5) is 1.04. The van der Waals surface area contributed by atoms with Gasteiger partial charge in [0.15, 0.2) is 0 Å². The third-order valence-electron chi connectivity index (χ3n) is 3.09. The van der Waals surface area contributed by atoms with Crippen molar-refractivity contribution in [1.29, 1.82) is 0 Å². The van der Waals surface area contributed by atoms with Gasteiger partial charge < -0.3 is 0 Å². The molecule has 0 radical (unpaired) electrons. The van der Waals surface area contributed by atoms with E-state index >= 15 is 0 Å². The van der Waals surface area contributed by atoms with Crippen molar-refractivity contribution >= 4 is 46.8 Å². The van der Waals surface area contributed by atoms with Gasteiger partial charge in [-0.3, -0.25) is 0 Å². The average molecular weight is 507 g/mol. The molecule has 0 heterocycles. The molecule has 2 rings (SSSR count). The molecule has 23 heavy (non-hydrogen) atoms. The van der Waals surface area contributed by atoms with Crippen molar-refractivity contribution in [2.45, 2.75) is 9.63 Å². The Balaban J connectivity index is 1.78. The SMILES string of the molecule is BrCC(COc1ccccc1)[Se]C(CBr)COc1ccccc1. The second-order valence-corrected chi connectivity index (χ2v) is 9.60. The summed E-state index contributed by atoms with van der Waals surface area (Å²) in [5.74, 6) is 1.87. The van der Waals surface area contributed by atoms with Crippen LogP contribution in [0.5, 0.6) is 11.5 Å². The second-order valence-electron chi connectivity index (χ2n) is 4.94. The van der Waals surface area contributed by atoms with Gasteiger partial charge in [-0.25, -0.2) is 0 Å². The van der Waals surface area contributed by atoms with E-state index in [1.165, 1.54) is 0 Å². The third kappa shape index (κ3) is 7.30. The van der Waals surface area contributed by atoms with Crippen LogP contribution >= 0.6 is 31.9 Å². The molecule has 0 aliphatic carbocycles. The minimum atomic E-state index is 0.427. The van der Waals surface area contributed by atoms with Crippen LogP contribution in [0.25, 0.3) is 0 Å². The van der Waals surface area contributed by atoms with Gasteiger partial charge in [0.05, 0.1) is 0 Å². The first-order valence-corrected chi connectivity index (χ1v) is 11.7. The first-order valence-electron chi connectivity index (χ1n) is 7.45. The number of hydrogen-bond acceptors (Lipinski definition) is 2. The summed E-state index contributed by atoms with van der Waals surface area (Å²) in [5.41, 5.74) is 0. The van der Waals surface area contributed by atoms with Crippen LogP contribution in [0.4, 0.5) is 0 Å². The summed E-state index contributed by atoms with van der Waals surface area (Å²) in [6, 6.07) is 20.0. The standard InChI is InChI=1S/C18H20Br2O2Se/c19-11-17(13-21-15-7-3-1-4-8-15)23-18(12-20)14-22-16-9-5-2-6-10-16/h1-10,17-18H,11-14H2. The summed E-state index contributed by atoms with van der Waals surface area (Å²) in [6.07, 6.45) is 0. The van der Waals surface area contributed by atoms with Crippen LogP contribution in [0.3, 0.4) is 0 Å². The number of rotatable bonds is 10. The number of halogens is 2. The number of ether oxygens (including phenoxy) is 2. The second kappa shape index (κ2) is 11.1. The van der Waals surface area contributed by atoms with Gasteiger partial charge in [0.2, 0.25) is 0 Å². The summed E-state index contributed by atoms with van der Waals surface area (Å²) < 4.78 is 11.8. The molecule has 2 aromatic rings. The van der Waals surface area contributed by atoms with Crippen molar-refractivity contribution in [3.63, 3.8) is 0 Å². The van der Waals surface area contributed by atoms with Crippen LogP contribution in [0, 0.1) is 0 Å². The first kappa shape index (κ1) is 18.9. The summed E-state index contributed by atoms with van der Waals surface area (Å²) in [5, 5.41) is 1.91. The van der Waals surface area contributed by atoms with Gasteiger partial charge >= 0.3 is 162 Å². The Labute approximate surface area is 161 Å². The van der Waals surface area contributed by atoms with Crippen LogP contribution < -0.4 is 9.47 Å². The van der Waals surface area contributed by atoms with Gasteiger partial charge in [0, 0.05) is 0 Å². The Morgan fingerprint density at radius 1 is 0.696 bits per heavy atom. The predicted octanol–water partition coefficient (Wildman–Crippen LogP) is 5.22. The number of benzene rings is 2. The molecule has 0 bridgehead atoms. The van der Waals surface area contributed by atoms with Crippen molar-refractivity contribution < 1.29 is 9.47 Å². The van der Waals surface area contributed by atoms with Crippen LogP contribution in [-0.4, -0.2) is 38.8 Å². The van der Waals surface area contributed by atoms with E-state index in [1.807, 2.05) is 60.7 Å². The van der Waals surface area contributed by atoms with Crippen LogP contribution in [-0.2, 0) is 0 Å². The normalized spacial score (nSPS) is 13.3. The Morgan fingerprint density at radius 3 is 1.43 bits per heavy atom. The number of para-hydroxylation sites is 2. The van der Waals surface area contributed by atoms with Crippen molar-refractivity contribution in [2.24, 2.45) is 0 Å². The van der Waals surface area contributed by atoms with Gasteiger partial charge in [0.1, 0.15) is 0 Å². The van der Waals surface area contributed by atoms with Crippen molar-refractivity contribution in [1.82, 2.24) is 0 Å². The Morgan fingerprint density at radius 2 is 1.09 bits per heavy atom. The molecule has 0 aromatic heterocycles. The van der Waals surface area contributed by atoms with Crippen molar-refractivity contribution in [3.8, 4) is 11.5 Å². The fourth-order valence-corrected chi connectivity index (χ4v) is 5.95. The van der Waals surface area contributed by atoms with E-state index in [-0.39, 0.29) is 0 Å². The molecule has 0 amide bonds. The van der Waals surface area contributed by atoms with Gasteiger partial charge in [-0.1, -0.05) is 0 Å². The van der Waals surface area contributed by atoms with E-state index < -0.39 is 0 Å². The maximum atomic E-state index is 5.90. The van der Waals surface area contributed by atoms with E-state index in [0.29, 0.717) is 24.6 Å². The molecule has 124 valence electrons. The molecular weight excluding hydrogens is 487 g/mol. The molecule has 2 aromatic carbocycles. The van der Waals surface area contributed by atoms with E-state index in [9.17, 15) is 0 Å². The fraction of sp³-hybridized carbons (Fsp3) is 0.333. The zero-order valence-corrected chi connectivity index (χ0v) is 17.6. The Hall–Kier alpha value is -0.481. The van der Waals surface area contributed by atoms with E-state index in [0.717, 1.165) is 35.4 Å². The topological polar surface area (TPSA) is 18.5 Å². The van der Waals surface area contributed by atoms with Gasteiger partial charge in [-0.15, -0.1) is 0 Å².